The Labute approximate surface area is 323 Å². The fourth-order valence-electron chi connectivity index (χ4n) is 7.83. The molecule has 0 saturated carbocycles. The third-order valence-electron chi connectivity index (χ3n) is 10.6. The standard InChI is InChI=1S/C49H27N5O3/c1-3-12-28(13-4-1)42-45-43(36-17-8-10-21-39(36)56-45)51-47(50-42)30-23-25-34-35-18-11-19-37(44(35)57-41(34)27-30)49-53-46(29-14-5-2-6-15-29)52-48(54-49)31-22-24-33-32-16-7-9-20-38(32)55-40(33)26-31/h1-27H. The molecule has 0 spiro atoms. The first-order valence-corrected chi connectivity index (χ1v) is 18.7. The molecule has 0 saturated heterocycles. The molecule has 12 aromatic rings. The molecule has 0 fully saturated rings. The normalized spacial score (nSPS) is 11.9. The van der Waals surface area contributed by atoms with Gasteiger partial charge in [-0.3, -0.25) is 0 Å². The SMILES string of the molecule is c1ccc(-c2nc(-c3ccc4c(c3)oc3ccccc34)nc(-c3cccc4c3oc3cc(-c5nc(-c6ccccc6)c6oc7ccccc7c6n5)ccc34)n2)cc1. The summed E-state index contributed by atoms with van der Waals surface area (Å²) in [4.78, 5) is 25.3. The van der Waals surface area contributed by atoms with E-state index in [0.717, 1.165) is 82.7 Å². The summed E-state index contributed by atoms with van der Waals surface area (Å²) in [6.07, 6.45) is 0. The maximum Gasteiger partial charge on any atom is 0.180 e. The van der Waals surface area contributed by atoms with Gasteiger partial charge in [0.2, 0.25) is 0 Å². The van der Waals surface area contributed by atoms with Crippen LogP contribution in [0.4, 0.5) is 0 Å². The van der Waals surface area contributed by atoms with Crippen molar-refractivity contribution < 1.29 is 13.3 Å². The Morgan fingerprint density at radius 3 is 1.58 bits per heavy atom. The number of hydrogen-bond acceptors (Lipinski definition) is 8. The summed E-state index contributed by atoms with van der Waals surface area (Å²) in [5.41, 5.74) is 10.1. The number of furan rings is 3. The molecule has 0 aliphatic heterocycles. The third-order valence-corrected chi connectivity index (χ3v) is 10.6. The van der Waals surface area contributed by atoms with Gasteiger partial charge in [0.25, 0.3) is 0 Å². The molecular formula is C49H27N5O3. The van der Waals surface area contributed by atoms with E-state index in [1.54, 1.807) is 0 Å². The molecule has 266 valence electrons. The van der Waals surface area contributed by atoms with Crippen molar-refractivity contribution in [1.29, 1.82) is 0 Å². The first-order chi connectivity index (χ1) is 28.2. The van der Waals surface area contributed by atoms with E-state index in [2.05, 4.69) is 24.3 Å². The monoisotopic (exact) mass is 733 g/mol. The highest BCUT2D eigenvalue weighted by Crippen LogP contribution is 2.40. The summed E-state index contributed by atoms with van der Waals surface area (Å²) >= 11 is 0. The summed E-state index contributed by atoms with van der Waals surface area (Å²) in [7, 11) is 0. The first-order valence-electron chi connectivity index (χ1n) is 18.7. The van der Waals surface area contributed by atoms with Gasteiger partial charge in [-0.15, -0.1) is 0 Å². The zero-order chi connectivity index (χ0) is 37.5. The second-order valence-corrected chi connectivity index (χ2v) is 14.0. The maximum absolute atomic E-state index is 6.75. The lowest BCUT2D eigenvalue weighted by molar-refractivity contribution is 0.667. The average Bonchev–Trinajstić information content (AvgIpc) is 3.97. The van der Waals surface area contributed by atoms with Crippen LogP contribution in [0.15, 0.2) is 177 Å². The molecular weight excluding hydrogens is 707 g/mol. The van der Waals surface area contributed by atoms with Crippen LogP contribution in [0, 0.1) is 0 Å². The fraction of sp³-hybridized carbons (Fsp3) is 0. The molecule has 5 heterocycles. The van der Waals surface area contributed by atoms with Crippen molar-refractivity contribution in [2.24, 2.45) is 0 Å². The van der Waals surface area contributed by atoms with Crippen LogP contribution in [-0.4, -0.2) is 24.9 Å². The van der Waals surface area contributed by atoms with Crippen LogP contribution in [0.3, 0.4) is 0 Å². The summed E-state index contributed by atoms with van der Waals surface area (Å²) < 4.78 is 19.3. The van der Waals surface area contributed by atoms with Crippen LogP contribution in [0.2, 0.25) is 0 Å². The van der Waals surface area contributed by atoms with Crippen molar-refractivity contribution in [2.45, 2.75) is 0 Å². The Balaban J connectivity index is 1.02. The van der Waals surface area contributed by atoms with Gasteiger partial charge in [-0.05, 0) is 48.5 Å². The Morgan fingerprint density at radius 1 is 0.298 bits per heavy atom. The van der Waals surface area contributed by atoms with Crippen molar-refractivity contribution >= 4 is 65.9 Å². The van der Waals surface area contributed by atoms with E-state index in [4.69, 9.17) is 38.2 Å². The predicted octanol–water partition coefficient (Wildman–Crippen LogP) is 12.7. The van der Waals surface area contributed by atoms with Gasteiger partial charge in [0.05, 0.1) is 5.56 Å². The first kappa shape index (κ1) is 31.4. The van der Waals surface area contributed by atoms with Gasteiger partial charge in [0.1, 0.15) is 39.1 Å². The topological polar surface area (TPSA) is 104 Å². The number of fused-ring (bicyclic) bond motifs is 9. The van der Waals surface area contributed by atoms with E-state index < -0.39 is 0 Å². The van der Waals surface area contributed by atoms with Crippen LogP contribution in [0.5, 0.6) is 0 Å². The molecule has 0 bridgehead atoms. The fourth-order valence-corrected chi connectivity index (χ4v) is 7.83. The molecule has 12 rings (SSSR count). The van der Waals surface area contributed by atoms with Crippen LogP contribution in [0.1, 0.15) is 0 Å². The lowest BCUT2D eigenvalue weighted by atomic mass is 10.1. The Morgan fingerprint density at radius 2 is 0.825 bits per heavy atom. The van der Waals surface area contributed by atoms with Crippen LogP contribution in [-0.2, 0) is 0 Å². The lowest BCUT2D eigenvalue weighted by Crippen LogP contribution is -2.00. The lowest BCUT2D eigenvalue weighted by Gasteiger charge is -2.08. The molecule has 0 atom stereocenters. The van der Waals surface area contributed by atoms with E-state index in [-0.39, 0.29) is 0 Å². The molecule has 0 unspecified atom stereocenters. The Bertz CT molecular complexity index is 3530. The number of para-hydroxylation sites is 3. The Kier molecular flexibility index (Phi) is 6.76. The smallest absolute Gasteiger partial charge is 0.180 e. The van der Waals surface area contributed by atoms with Crippen molar-refractivity contribution in [1.82, 2.24) is 24.9 Å². The number of benzene rings is 7. The van der Waals surface area contributed by atoms with E-state index >= 15 is 0 Å². The van der Waals surface area contributed by atoms with Gasteiger partial charge in [0, 0.05) is 49.2 Å². The number of hydrogen-bond donors (Lipinski definition) is 0. The largest absolute Gasteiger partial charge is 0.456 e. The van der Waals surface area contributed by atoms with Gasteiger partial charge in [-0.25, -0.2) is 24.9 Å². The zero-order valence-corrected chi connectivity index (χ0v) is 30.0. The summed E-state index contributed by atoms with van der Waals surface area (Å²) in [6.45, 7) is 0. The van der Waals surface area contributed by atoms with Gasteiger partial charge in [-0.1, -0.05) is 115 Å². The van der Waals surface area contributed by atoms with Gasteiger partial charge >= 0.3 is 0 Å². The van der Waals surface area contributed by atoms with Gasteiger partial charge < -0.3 is 13.3 Å². The van der Waals surface area contributed by atoms with E-state index in [9.17, 15) is 0 Å². The molecule has 0 N–H and O–H groups in total. The molecule has 8 heteroatoms. The highest BCUT2D eigenvalue weighted by Gasteiger charge is 2.21. The maximum atomic E-state index is 6.75. The number of aromatic nitrogens is 5. The molecule has 0 aliphatic rings. The molecule has 8 nitrogen and oxygen atoms in total. The van der Waals surface area contributed by atoms with E-state index in [0.29, 0.717) is 40.0 Å². The summed E-state index contributed by atoms with van der Waals surface area (Å²) in [5, 5.41) is 4.95. The summed E-state index contributed by atoms with van der Waals surface area (Å²) in [5.74, 6) is 2.17. The minimum absolute atomic E-state index is 0.501. The highest BCUT2D eigenvalue weighted by atomic mass is 16.3. The molecule has 0 radical (unpaired) electrons. The predicted molar refractivity (Wildman–Crippen MR) is 224 cm³/mol. The van der Waals surface area contributed by atoms with Crippen molar-refractivity contribution in [3.05, 3.63) is 164 Å². The molecule has 5 aromatic heterocycles. The molecule has 7 aromatic carbocycles. The number of nitrogens with zero attached hydrogens (tertiary/aromatic N) is 5. The van der Waals surface area contributed by atoms with Crippen molar-refractivity contribution in [3.63, 3.8) is 0 Å². The molecule has 57 heavy (non-hydrogen) atoms. The average molecular weight is 734 g/mol. The van der Waals surface area contributed by atoms with Crippen LogP contribution < -0.4 is 0 Å². The second kappa shape index (κ2) is 12.3. The zero-order valence-electron chi connectivity index (χ0n) is 30.0. The van der Waals surface area contributed by atoms with E-state index in [1.165, 1.54) is 0 Å². The van der Waals surface area contributed by atoms with Crippen molar-refractivity contribution in [2.75, 3.05) is 0 Å². The van der Waals surface area contributed by atoms with Gasteiger partial charge in [0.15, 0.2) is 28.9 Å². The quantitative estimate of drug-likeness (QED) is 0.172. The van der Waals surface area contributed by atoms with Crippen LogP contribution in [0.25, 0.3) is 123 Å². The third kappa shape index (κ3) is 5.04. The minimum Gasteiger partial charge on any atom is -0.456 e. The summed E-state index contributed by atoms with van der Waals surface area (Å²) in [6, 6.07) is 54.3. The second-order valence-electron chi connectivity index (χ2n) is 14.0. The highest BCUT2D eigenvalue weighted by molar-refractivity contribution is 6.11. The molecule has 0 amide bonds. The Hall–Kier alpha value is -7.97. The van der Waals surface area contributed by atoms with Crippen LogP contribution >= 0.6 is 0 Å². The van der Waals surface area contributed by atoms with E-state index in [1.807, 2.05) is 140 Å². The van der Waals surface area contributed by atoms with Crippen molar-refractivity contribution in [3.8, 4) is 56.8 Å². The minimum atomic E-state index is 0.501. The van der Waals surface area contributed by atoms with Gasteiger partial charge in [-0.2, -0.15) is 0 Å². The molecule has 0 aliphatic carbocycles. The number of rotatable bonds is 5.